The van der Waals surface area contributed by atoms with Gasteiger partial charge in [0.1, 0.15) is 6.54 Å². The van der Waals surface area contributed by atoms with Gasteiger partial charge in [-0.3, -0.25) is 9.48 Å². The van der Waals surface area contributed by atoms with Crippen LogP contribution in [0.3, 0.4) is 0 Å². The zero-order valence-electron chi connectivity index (χ0n) is 10.8. The lowest BCUT2D eigenvalue weighted by Crippen LogP contribution is -2.47. The summed E-state index contributed by atoms with van der Waals surface area (Å²) in [5.74, 6) is -0.319. The summed E-state index contributed by atoms with van der Waals surface area (Å²) in [6, 6.07) is 0.599. The highest BCUT2D eigenvalue weighted by Crippen LogP contribution is 2.27. The Bertz CT molecular complexity index is 473. The van der Waals surface area contributed by atoms with Crippen LogP contribution in [0.2, 0.25) is 0 Å². The van der Waals surface area contributed by atoms with Gasteiger partial charge in [-0.05, 0) is 25.3 Å². The zero-order valence-corrected chi connectivity index (χ0v) is 10.8. The third kappa shape index (κ3) is 3.30. The fourth-order valence-electron chi connectivity index (χ4n) is 2.35. The molecular formula is C12H16F3N3O2. The molecule has 1 aliphatic rings. The summed E-state index contributed by atoms with van der Waals surface area (Å²) >= 11 is 0. The van der Waals surface area contributed by atoms with Crippen LogP contribution in [-0.2, 0) is 17.5 Å². The van der Waals surface area contributed by atoms with E-state index in [1.165, 1.54) is 4.90 Å². The van der Waals surface area contributed by atoms with Crippen LogP contribution in [0.1, 0.15) is 25.0 Å². The van der Waals surface area contributed by atoms with Crippen molar-refractivity contribution in [1.82, 2.24) is 14.7 Å². The standard InChI is InChI=1S/C12H16F3N3O2/c13-12(14,15)10-4-6-17(16-10)7-11(20)18-5-2-1-3-9(18)8-19/h4,6,9,19H,1-3,5,7-8H2. The van der Waals surface area contributed by atoms with Crippen LogP contribution < -0.4 is 0 Å². The fourth-order valence-corrected chi connectivity index (χ4v) is 2.35. The number of carbonyl (C=O) groups excluding carboxylic acids is 1. The molecule has 0 aliphatic carbocycles. The van der Waals surface area contributed by atoms with Crippen molar-refractivity contribution < 1.29 is 23.1 Å². The van der Waals surface area contributed by atoms with Crippen molar-refractivity contribution in [1.29, 1.82) is 0 Å². The molecule has 0 radical (unpaired) electrons. The summed E-state index contributed by atoms with van der Waals surface area (Å²) in [6.07, 6.45) is -0.870. The molecule has 2 rings (SSSR count). The van der Waals surface area contributed by atoms with Crippen molar-refractivity contribution in [3.8, 4) is 0 Å². The van der Waals surface area contributed by atoms with Gasteiger partial charge in [0.15, 0.2) is 5.69 Å². The van der Waals surface area contributed by atoms with Crippen LogP contribution in [-0.4, -0.2) is 44.9 Å². The molecule has 0 bridgehead atoms. The summed E-state index contributed by atoms with van der Waals surface area (Å²) in [5.41, 5.74) is -1.01. The van der Waals surface area contributed by atoms with Gasteiger partial charge in [0.2, 0.25) is 5.91 Å². The molecule has 1 amide bonds. The Hall–Kier alpha value is -1.57. The molecule has 1 saturated heterocycles. The molecule has 112 valence electrons. The Morgan fingerprint density at radius 1 is 1.45 bits per heavy atom. The summed E-state index contributed by atoms with van der Waals surface area (Å²) in [5, 5.41) is 12.6. The smallest absolute Gasteiger partial charge is 0.394 e. The minimum Gasteiger partial charge on any atom is -0.394 e. The van der Waals surface area contributed by atoms with Crippen LogP contribution >= 0.6 is 0 Å². The number of aromatic nitrogens is 2. The number of carbonyl (C=O) groups is 1. The second kappa shape index (κ2) is 5.82. The average Bonchev–Trinajstić information content (AvgIpc) is 2.87. The van der Waals surface area contributed by atoms with Gasteiger partial charge >= 0.3 is 6.18 Å². The second-order valence-corrected chi connectivity index (χ2v) is 4.82. The highest BCUT2D eigenvalue weighted by atomic mass is 19.4. The number of alkyl halides is 3. The van der Waals surface area contributed by atoms with Crippen LogP contribution in [0, 0.1) is 0 Å². The van der Waals surface area contributed by atoms with Gasteiger partial charge in [-0.15, -0.1) is 0 Å². The molecule has 0 saturated carbocycles. The molecule has 20 heavy (non-hydrogen) atoms. The molecule has 0 aromatic carbocycles. The maximum atomic E-state index is 12.4. The van der Waals surface area contributed by atoms with Gasteiger partial charge in [0.25, 0.3) is 0 Å². The highest BCUT2D eigenvalue weighted by molar-refractivity contribution is 5.76. The Labute approximate surface area is 114 Å². The Morgan fingerprint density at radius 3 is 2.80 bits per heavy atom. The number of rotatable bonds is 3. The van der Waals surface area contributed by atoms with Gasteiger partial charge in [-0.2, -0.15) is 18.3 Å². The molecule has 5 nitrogen and oxygen atoms in total. The lowest BCUT2D eigenvalue weighted by atomic mass is 10.0. The van der Waals surface area contributed by atoms with Crippen LogP contribution in [0.5, 0.6) is 0 Å². The van der Waals surface area contributed by atoms with E-state index in [0.29, 0.717) is 6.54 Å². The third-order valence-corrected chi connectivity index (χ3v) is 3.39. The van der Waals surface area contributed by atoms with E-state index >= 15 is 0 Å². The highest BCUT2D eigenvalue weighted by Gasteiger charge is 2.34. The molecule has 0 spiro atoms. The minimum absolute atomic E-state index is 0.126. The Balaban J connectivity index is 2.02. The predicted molar refractivity (Wildman–Crippen MR) is 63.7 cm³/mol. The number of hydrogen-bond acceptors (Lipinski definition) is 3. The molecule has 1 aliphatic heterocycles. The number of hydrogen-bond donors (Lipinski definition) is 1. The van der Waals surface area contributed by atoms with Crippen LogP contribution in [0.25, 0.3) is 0 Å². The summed E-state index contributed by atoms with van der Waals surface area (Å²) in [4.78, 5) is 13.6. The number of nitrogens with zero attached hydrogens (tertiary/aromatic N) is 3. The molecule has 1 aromatic rings. The summed E-state index contributed by atoms with van der Waals surface area (Å²) in [6.45, 7) is 0.155. The average molecular weight is 291 g/mol. The van der Waals surface area contributed by atoms with Crippen molar-refractivity contribution in [2.24, 2.45) is 0 Å². The van der Waals surface area contributed by atoms with E-state index in [1.54, 1.807) is 0 Å². The Kier molecular flexibility index (Phi) is 4.32. The van der Waals surface area contributed by atoms with Gasteiger partial charge in [-0.25, -0.2) is 0 Å². The van der Waals surface area contributed by atoms with Gasteiger partial charge < -0.3 is 10.0 Å². The lowest BCUT2D eigenvalue weighted by Gasteiger charge is -2.34. The summed E-state index contributed by atoms with van der Waals surface area (Å²) < 4.78 is 38.2. The maximum Gasteiger partial charge on any atom is 0.435 e. The molecule has 1 atom stereocenters. The molecule has 1 unspecified atom stereocenters. The number of aliphatic hydroxyl groups is 1. The number of aliphatic hydroxyl groups excluding tert-OH is 1. The van der Waals surface area contributed by atoms with E-state index in [2.05, 4.69) is 5.10 Å². The largest absolute Gasteiger partial charge is 0.435 e. The molecular weight excluding hydrogens is 275 g/mol. The molecule has 1 N–H and O–H groups in total. The van der Waals surface area contributed by atoms with Gasteiger partial charge in [0, 0.05) is 12.7 Å². The molecule has 2 heterocycles. The quantitative estimate of drug-likeness (QED) is 0.912. The van der Waals surface area contributed by atoms with E-state index in [9.17, 15) is 23.1 Å². The SMILES string of the molecule is O=C(Cn1ccc(C(F)(F)F)n1)N1CCCCC1CO. The minimum atomic E-state index is -4.51. The molecule has 8 heteroatoms. The van der Waals surface area contributed by atoms with E-state index in [0.717, 1.165) is 36.2 Å². The number of halogens is 3. The van der Waals surface area contributed by atoms with Crippen LogP contribution in [0.15, 0.2) is 12.3 Å². The summed E-state index contributed by atoms with van der Waals surface area (Å²) in [7, 11) is 0. The van der Waals surface area contributed by atoms with Crippen molar-refractivity contribution in [2.75, 3.05) is 13.2 Å². The fraction of sp³-hybridized carbons (Fsp3) is 0.667. The normalized spacial score (nSPS) is 20.2. The van der Waals surface area contributed by atoms with E-state index in [4.69, 9.17) is 0 Å². The number of piperidine rings is 1. The Morgan fingerprint density at radius 2 is 2.20 bits per heavy atom. The van der Waals surface area contributed by atoms with E-state index in [-0.39, 0.29) is 25.1 Å². The monoisotopic (exact) mass is 291 g/mol. The van der Waals surface area contributed by atoms with Crippen molar-refractivity contribution in [3.63, 3.8) is 0 Å². The topological polar surface area (TPSA) is 58.4 Å². The maximum absolute atomic E-state index is 12.4. The molecule has 1 aromatic heterocycles. The zero-order chi connectivity index (χ0) is 14.8. The van der Waals surface area contributed by atoms with Gasteiger partial charge in [0.05, 0.1) is 12.6 Å². The van der Waals surface area contributed by atoms with Crippen LogP contribution in [0.4, 0.5) is 13.2 Å². The second-order valence-electron chi connectivity index (χ2n) is 4.82. The number of amides is 1. The molecule has 1 fully saturated rings. The number of likely N-dealkylation sites (tertiary alicyclic amines) is 1. The first-order valence-corrected chi connectivity index (χ1v) is 6.43. The van der Waals surface area contributed by atoms with Gasteiger partial charge in [-0.1, -0.05) is 0 Å². The first-order chi connectivity index (χ1) is 9.41. The lowest BCUT2D eigenvalue weighted by molar-refractivity contribution is -0.142. The van der Waals surface area contributed by atoms with Crippen molar-refractivity contribution in [3.05, 3.63) is 18.0 Å². The first kappa shape index (κ1) is 14.8. The van der Waals surface area contributed by atoms with Crippen molar-refractivity contribution >= 4 is 5.91 Å². The van der Waals surface area contributed by atoms with Crippen molar-refractivity contribution in [2.45, 2.75) is 38.0 Å². The third-order valence-electron chi connectivity index (χ3n) is 3.39. The van der Waals surface area contributed by atoms with E-state index in [1.807, 2.05) is 0 Å². The first-order valence-electron chi connectivity index (χ1n) is 6.43. The van der Waals surface area contributed by atoms with E-state index < -0.39 is 11.9 Å². The predicted octanol–water partition coefficient (Wildman–Crippen LogP) is 1.28.